The third-order valence-corrected chi connectivity index (χ3v) is 2.73. The molecule has 84 valence electrons. The van der Waals surface area contributed by atoms with Gasteiger partial charge >= 0.3 is 6.16 Å². The Morgan fingerprint density at radius 1 is 1.31 bits per heavy atom. The molecule has 0 bridgehead atoms. The summed E-state index contributed by atoms with van der Waals surface area (Å²) in [6.07, 6.45) is 3.31. The Labute approximate surface area is 94.4 Å². The third-order valence-electron chi connectivity index (χ3n) is 2.73. The monoisotopic (exact) mass is 218 g/mol. The van der Waals surface area contributed by atoms with E-state index >= 15 is 0 Å². The molecule has 0 fully saturated rings. The highest BCUT2D eigenvalue weighted by Gasteiger charge is 2.22. The maximum Gasteiger partial charge on any atom is 0.506 e. The number of hydrogen-bond acceptors (Lipinski definition) is 2. The quantitative estimate of drug-likeness (QED) is 0.774. The van der Waals surface area contributed by atoms with Gasteiger partial charge in [0.1, 0.15) is 6.10 Å². The van der Waals surface area contributed by atoms with Crippen molar-refractivity contribution in [3.05, 3.63) is 42.0 Å². The normalized spacial score (nSPS) is 20.0. The first kappa shape index (κ1) is 10.7. The third kappa shape index (κ3) is 2.42. The van der Waals surface area contributed by atoms with Crippen LogP contribution in [0.2, 0.25) is 0 Å². The van der Waals surface area contributed by atoms with Crippen LogP contribution in [0.15, 0.2) is 36.4 Å². The summed E-state index contributed by atoms with van der Waals surface area (Å²) in [6.45, 7) is 0. The SMILES string of the molecule is O=C(O)OC1CCCC=C1c1ccccc1. The Hall–Kier alpha value is -1.77. The highest BCUT2D eigenvalue weighted by Crippen LogP contribution is 2.29. The van der Waals surface area contributed by atoms with Crippen molar-refractivity contribution in [2.75, 3.05) is 0 Å². The molecular formula is C13H14O3. The Kier molecular flexibility index (Phi) is 3.25. The van der Waals surface area contributed by atoms with Gasteiger partial charge in [-0.1, -0.05) is 36.4 Å². The predicted octanol–water partition coefficient (Wildman–Crippen LogP) is 3.32. The van der Waals surface area contributed by atoms with E-state index in [1.165, 1.54) is 0 Å². The smallest absolute Gasteiger partial charge is 0.450 e. The summed E-state index contributed by atoms with van der Waals surface area (Å²) in [5, 5.41) is 8.68. The lowest BCUT2D eigenvalue weighted by atomic mass is 9.91. The number of rotatable bonds is 2. The molecule has 1 aromatic rings. The molecule has 0 saturated carbocycles. The van der Waals surface area contributed by atoms with E-state index in [4.69, 9.17) is 9.84 Å². The number of carbonyl (C=O) groups is 1. The first-order valence-corrected chi connectivity index (χ1v) is 5.42. The lowest BCUT2D eigenvalue weighted by molar-refractivity contribution is 0.0678. The molecule has 1 atom stereocenters. The molecule has 2 rings (SSSR count). The molecular weight excluding hydrogens is 204 g/mol. The Morgan fingerprint density at radius 2 is 2.06 bits per heavy atom. The van der Waals surface area contributed by atoms with Crippen molar-refractivity contribution in [1.29, 1.82) is 0 Å². The zero-order valence-corrected chi connectivity index (χ0v) is 8.93. The summed E-state index contributed by atoms with van der Waals surface area (Å²) in [5.74, 6) is 0. The number of allylic oxidation sites excluding steroid dienone is 1. The van der Waals surface area contributed by atoms with Crippen molar-refractivity contribution < 1.29 is 14.6 Å². The van der Waals surface area contributed by atoms with Crippen LogP contribution in [0.3, 0.4) is 0 Å². The van der Waals surface area contributed by atoms with Gasteiger partial charge in [0.25, 0.3) is 0 Å². The fourth-order valence-corrected chi connectivity index (χ4v) is 2.03. The fourth-order valence-electron chi connectivity index (χ4n) is 2.03. The van der Waals surface area contributed by atoms with Crippen LogP contribution in [0.1, 0.15) is 24.8 Å². The van der Waals surface area contributed by atoms with Crippen molar-refractivity contribution in [3.63, 3.8) is 0 Å². The van der Waals surface area contributed by atoms with E-state index < -0.39 is 6.16 Å². The van der Waals surface area contributed by atoms with E-state index in [-0.39, 0.29) is 6.10 Å². The van der Waals surface area contributed by atoms with E-state index in [2.05, 4.69) is 6.08 Å². The minimum absolute atomic E-state index is 0.311. The largest absolute Gasteiger partial charge is 0.506 e. The average molecular weight is 218 g/mol. The van der Waals surface area contributed by atoms with Gasteiger partial charge in [0.15, 0.2) is 0 Å². The summed E-state index contributed by atoms with van der Waals surface area (Å²) in [4.78, 5) is 10.6. The molecule has 1 unspecified atom stereocenters. The summed E-state index contributed by atoms with van der Waals surface area (Å²) in [5.41, 5.74) is 2.04. The van der Waals surface area contributed by atoms with Gasteiger partial charge in [-0.05, 0) is 30.4 Å². The number of carboxylic acid groups (broad SMARTS) is 1. The van der Waals surface area contributed by atoms with Crippen molar-refractivity contribution >= 4 is 11.7 Å². The maximum atomic E-state index is 10.6. The molecule has 1 aromatic carbocycles. The van der Waals surface area contributed by atoms with Gasteiger partial charge in [-0.15, -0.1) is 0 Å². The van der Waals surface area contributed by atoms with Crippen LogP contribution in [0.4, 0.5) is 4.79 Å². The minimum atomic E-state index is -1.20. The highest BCUT2D eigenvalue weighted by molar-refractivity contribution is 5.71. The summed E-state index contributed by atoms with van der Waals surface area (Å²) < 4.78 is 4.91. The summed E-state index contributed by atoms with van der Waals surface area (Å²) >= 11 is 0. The zero-order chi connectivity index (χ0) is 11.4. The number of hydrogen-bond donors (Lipinski definition) is 1. The van der Waals surface area contributed by atoms with Crippen LogP contribution >= 0.6 is 0 Å². The Morgan fingerprint density at radius 3 is 2.75 bits per heavy atom. The van der Waals surface area contributed by atoms with Gasteiger partial charge in [-0.2, -0.15) is 0 Å². The fraction of sp³-hybridized carbons (Fsp3) is 0.308. The van der Waals surface area contributed by atoms with E-state index in [0.29, 0.717) is 0 Å². The van der Waals surface area contributed by atoms with Crippen LogP contribution < -0.4 is 0 Å². The van der Waals surface area contributed by atoms with E-state index in [1.807, 2.05) is 30.3 Å². The second kappa shape index (κ2) is 4.84. The van der Waals surface area contributed by atoms with Crippen molar-refractivity contribution in [1.82, 2.24) is 0 Å². The zero-order valence-electron chi connectivity index (χ0n) is 8.93. The van der Waals surface area contributed by atoms with Gasteiger partial charge in [0, 0.05) is 0 Å². The van der Waals surface area contributed by atoms with Gasteiger partial charge in [0.05, 0.1) is 0 Å². The molecule has 0 spiro atoms. The van der Waals surface area contributed by atoms with Gasteiger partial charge < -0.3 is 9.84 Å². The molecule has 0 saturated heterocycles. The summed E-state index contributed by atoms with van der Waals surface area (Å²) in [6, 6.07) is 9.80. The first-order valence-electron chi connectivity index (χ1n) is 5.42. The van der Waals surface area contributed by atoms with Gasteiger partial charge in [-0.25, -0.2) is 4.79 Å². The Balaban J connectivity index is 2.23. The molecule has 1 aliphatic carbocycles. The van der Waals surface area contributed by atoms with Crippen LogP contribution in [-0.4, -0.2) is 17.4 Å². The van der Waals surface area contributed by atoms with Crippen LogP contribution in [0.25, 0.3) is 5.57 Å². The Bertz CT molecular complexity index is 395. The van der Waals surface area contributed by atoms with Crippen LogP contribution in [0, 0.1) is 0 Å². The lowest BCUT2D eigenvalue weighted by Crippen LogP contribution is -2.20. The molecule has 0 amide bonds. The number of ether oxygens (including phenoxy) is 1. The van der Waals surface area contributed by atoms with Crippen molar-refractivity contribution in [2.24, 2.45) is 0 Å². The standard InChI is InChI=1S/C13H14O3/c14-13(15)16-12-9-5-4-8-11(12)10-6-2-1-3-7-10/h1-3,6-8,12H,4-5,9H2,(H,14,15). The van der Waals surface area contributed by atoms with Gasteiger partial charge in [-0.3, -0.25) is 0 Å². The molecule has 0 heterocycles. The second-order valence-electron chi connectivity index (χ2n) is 3.83. The van der Waals surface area contributed by atoms with Crippen molar-refractivity contribution in [3.8, 4) is 0 Å². The molecule has 0 aliphatic heterocycles. The topological polar surface area (TPSA) is 46.5 Å². The average Bonchev–Trinajstić information content (AvgIpc) is 2.30. The summed E-state index contributed by atoms with van der Waals surface area (Å²) in [7, 11) is 0. The predicted molar refractivity (Wildman–Crippen MR) is 61.2 cm³/mol. The minimum Gasteiger partial charge on any atom is -0.450 e. The second-order valence-corrected chi connectivity index (χ2v) is 3.83. The highest BCUT2D eigenvalue weighted by atomic mass is 16.7. The molecule has 1 aliphatic rings. The maximum absolute atomic E-state index is 10.6. The van der Waals surface area contributed by atoms with Crippen molar-refractivity contribution in [2.45, 2.75) is 25.4 Å². The van der Waals surface area contributed by atoms with E-state index in [0.717, 1.165) is 30.4 Å². The number of benzene rings is 1. The molecule has 0 aromatic heterocycles. The molecule has 3 heteroatoms. The molecule has 0 radical (unpaired) electrons. The van der Waals surface area contributed by atoms with Gasteiger partial charge in [0.2, 0.25) is 0 Å². The van der Waals surface area contributed by atoms with E-state index in [9.17, 15) is 4.79 Å². The van der Waals surface area contributed by atoms with Crippen LogP contribution in [0.5, 0.6) is 0 Å². The molecule has 16 heavy (non-hydrogen) atoms. The molecule has 3 nitrogen and oxygen atoms in total. The van der Waals surface area contributed by atoms with E-state index in [1.54, 1.807) is 0 Å². The lowest BCUT2D eigenvalue weighted by Gasteiger charge is -2.23. The van der Waals surface area contributed by atoms with Crippen LogP contribution in [-0.2, 0) is 4.74 Å². The molecule has 1 N–H and O–H groups in total. The first-order chi connectivity index (χ1) is 7.77.